The fourth-order valence-electron chi connectivity index (χ4n) is 3.76. The number of amides is 3. The van der Waals surface area contributed by atoms with Gasteiger partial charge in [0.15, 0.2) is 0 Å². The molecule has 0 bridgehead atoms. The van der Waals surface area contributed by atoms with Crippen LogP contribution in [0.3, 0.4) is 0 Å². The molecule has 3 amide bonds. The molecule has 0 unspecified atom stereocenters. The van der Waals surface area contributed by atoms with Crippen LogP contribution in [0.4, 0.5) is 16.2 Å². The van der Waals surface area contributed by atoms with Gasteiger partial charge < -0.3 is 25.0 Å². The van der Waals surface area contributed by atoms with Crippen LogP contribution in [-0.2, 0) is 13.0 Å². The van der Waals surface area contributed by atoms with E-state index in [-0.39, 0.29) is 11.9 Å². The SMILES string of the molecule is COc1ccc(NC(=O)Nc2ccc3c(c2)CN(C(=O)c2ccccc2)CC3)c(OC)c1. The average molecular weight is 431 g/mol. The first-order chi connectivity index (χ1) is 15.6. The largest absolute Gasteiger partial charge is 0.497 e. The molecule has 0 spiro atoms. The molecule has 0 radical (unpaired) electrons. The highest BCUT2D eigenvalue weighted by Gasteiger charge is 2.22. The van der Waals surface area contributed by atoms with Crippen LogP contribution in [0.5, 0.6) is 11.5 Å². The summed E-state index contributed by atoms with van der Waals surface area (Å²) in [6, 6.07) is 19.9. The maximum Gasteiger partial charge on any atom is 0.323 e. The van der Waals surface area contributed by atoms with Crippen molar-refractivity contribution in [2.24, 2.45) is 0 Å². The maximum atomic E-state index is 12.8. The minimum Gasteiger partial charge on any atom is -0.497 e. The van der Waals surface area contributed by atoms with Gasteiger partial charge in [-0.05, 0) is 53.9 Å². The Hall–Kier alpha value is -4.00. The maximum absolute atomic E-state index is 12.8. The van der Waals surface area contributed by atoms with Crippen LogP contribution in [-0.4, -0.2) is 37.6 Å². The summed E-state index contributed by atoms with van der Waals surface area (Å²) in [6.07, 6.45) is 0.781. The van der Waals surface area contributed by atoms with Crippen LogP contribution in [0.25, 0.3) is 0 Å². The molecule has 0 saturated heterocycles. The molecule has 1 aliphatic rings. The van der Waals surface area contributed by atoms with Gasteiger partial charge in [0.2, 0.25) is 0 Å². The Kier molecular flexibility index (Phi) is 6.26. The van der Waals surface area contributed by atoms with Gasteiger partial charge in [-0.2, -0.15) is 0 Å². The van der Waals surface area contributed by atoms with Crippen molar-refractivity contribution in [1.82, 2.24) is 4.90 Å². The highest BCUT2D eigenvalue weighted by Crippen LogP contribution is 2.29. The van der Waals surface area contributed by atoms with Crippen LogP contribution in [0.2, 0.25) is 0 Å². The van der Waals surface area contributed by atoms with E-state index in [0.717, 1.165) is 12.0 Å². The summed E-state index contributed by atoms with van der Waals surface area (Å²) in [6.45, 7) is 1.18. The molecule has 4 rings (SSSR count). The van der Waals surface area contributed by atoms with Crippen LogP contribution in [0, 0.1) is 0 Å². The van der Waals surface area contributed by atoms with E-state index in [2.05, 4.69) is 10.6 Å². The van der Waals surface area contributed by atoms with Gasteiger partial charge in [-0.15, -0.1) is 0 Å². The molecular formula is C25H25N3O4. The summed E-state index contributed by atoms with van der Waals surface area (Å²) in [5, 5.41) is 5.65. The first-order valence-corrected chi connectivity index (χ1v) is 10.3. The first-order valence-electron chi connectivity index (χ1n) is 10.3. The fourth-order valence-corrected chi connectivity index (χ4v) is 3.76. The number of nitrogens with zero attached hydrogens (tertiary/aromatic N) is 1. The highest BCUT2D eigenvalue weighted by molar-refractivity contribution is 6.01. The first kappa shape index (κ1) is 21.2. The Morgan fingerprint density at radius 3 is 2.44 bits per heavy atom. The second-order valence-electron chi connectivity index (χ2n) is 7.47. The minimum absolute atomic E-state index is 0.0129. The summed E-state index contributed by atoms with van der Waals surface area (Å²) in [5.74, 6) is 1.15. The zero-order chi connectivity index (χ0) is 22.5. The number of benzene rings is 3. The number of hydrogen-bond acceptors (Lipinski definition) is 4. The van der Waals surface area contributed by atoms with Gasteiger partial charge in [0.1, 0.15) is 11.5 Å². The number of ether oxygens (including phenoxy) is 2. The highest BCUT2D eigenvalue weighted by atomic mass is 16.5. The van der Waals surface area contributed by atoms with E-state index in [9.17, 15) is 9.59 Å². The van der Waals surface area contributed by atoms with E-state index in [1.807, 2.05) is 53.4 Å². The molecule has 0 saturated carbocycles. The van der Waals surface area contributed by atoms with Gasteiger partial charge in [-0.3, -0.25) is 4.79 Å². The molecule has 1 aliphatic heterocycles. The Balaban J connectivity index is 1.44. The second-order valence-corrected chi connectivity index (χ2v) is 7.47. The lowest BCUT2D eigenvalue weighted by Crippen LogP contribution is -2.36. The van der Waals surface area contributed by atoms with Crippen molar-refractivity contribution in [3.05, 3.63) is 83.4 Å². The number of carbonyl (C=O) groups is 2. The number of methoxy groups -OCH3 is 2. The molecule has 0 aromatic heterocycles. The predicted molar refractivity (Wildman–Crippen MR) is 124 cm³/mol. The molecule has 3 aromatic carbocycles. The van der Waals surface area contributed by atoms with Gasteiger partial charge in [0, 0.05) is 30.4 Å². The molecule has 164 valence electrons. The number of hydrogen-bond donors (Lipinski definition) is 2. The van der Waals surface area contributed by atoms with Gasteiger partial charge in [-0.25, -0.2) is 4.79 Å². The molecular weight excluding hydrogens is 406 g/mol. The molecule has 0 aliphatic carbocycles. The minimum atomic E-state index is -0.388. The Morgan fingerprint density at radius 1 is 0.875 bits per heavy atom. The third-order valence-corrected chi connectivity index (χ3v) is 5.44. The number of rotatable bonds is 5. The summed E-state index contributed by atoms with van der Waals surface area (Å²) in [4.78, 5) is 27.2. The van der Waals surface area contributed by atoms with Crippen molar-refractivity contribution >= 4 is 23.3 Å². The van der Waals surface area contributed by atoms with Crippen LogP contribution >= 0.6 is 0 Å². The Morgan fingerprint density at radius 2 is 1.69 bits per heavy atom. The van der Waals surface area contributed by atoms with Crippen LogP contribution in [0.1, 0.15) is 21.5 Å². The number of fused-ring (bicyclic) bond motifs is 1. The van der Waals surface area contributed by atoms with Gasteiger partial charge in [0.05, 0.1) is 19.9 Å². The summed E-state index contributed by atoms with van der Waals surface area (Å²) >= 11 is 0. The molecule has 3 aromatic rings. The van der Waals surface area contributed by atoms with Crippen LogP contribution < -0.4 is 20.1 Å². The van der Waals surface area contributed by atoms with Crippen molar-refractivity contribution < 1.29 is 19.1 Å². The zero-order valence-corrected chi connectivity index (χ0v) is 18.1. The van der Waals surface area contributed by atoms with Crippen molar-refractivity contribution in [2.75, 3.05) is 31.4 Å². The summed E-state index contributed by atoms with van der Waals surface area (Å²) in [5.41, 5.74) is 4.08. The van der Waals surface area contributed by atoms with Gasteiger partial charge in [-0.1, -0.05) is 24.3 Å². The molecule has 32 heavy (non-hydrogen) atoms. The average Bonchev–Trinajstić information content (AvgIpc) is 2.83. The number of nitrogens with one attached hydrogen (secondary N) is 2. The van der Waals surface area contributed by atoms with Crippen LogP contribution in [0.15, 0.2) is 66.7 Å². The number of carbonyl (C=O) groups excluding carboxylic acids is 2. The lowest BCUT2D eigenvalue weighted by Gasteiger charge is -2.29. The van der Waals surface area contributed by atoms with Crippen molar-refractivity contribution in [2.45, 2.75) is 13.0 Å². The third kappa shape index (κ3) is 4.67. The molecule has 2 N–H and O–H groups in total. The third-order valence-electron chi connectivity index (χ3n) is 5.44. The van der Waals surface area contributed by atoms with E-state index >= 15 is 0 Å². The van der Waals surface area contributed by atoms with Crippen molar-refractivity contribution in [3.8, 4) is 11.5 Å². The number of urea groups is 1. The van der Waals surface area contributed by atoms with E-state index < -0.39 is 0 Å². The predicted octanol–water partition coefficient (Wildman–Crippen LogP) is 4.55. The monoisotopic (exact) mass is 431 g/mol. The van der Waals surface area contributed by atoms with E-state index in [4.69, 9.17) is 9.47 Å². The van der Waals surface area contributed by atoms with Crippen molar-refractivity contribution in [3.63, 3.8) is 0 Å². The zero-order valence-electron chi connectivity index (χ0n) is 18.1. The second kappa shape index (κ2) is 9.43. The molecule has 0 fully saturated rings. The summed E-state index contributed by atoms with van der Waals surface area (Å²) < 4.78 is 10.5. The van der Waals surface area contributed by atoms with E-state index in [1.165, 1.54) is 12.7 Å². The molecule has 7 nitrogen and oxygen atoms in total. The lowest BCUT2D eigenvalue weighted by atomic mass is 9.98. The molecule has 1 heterocycles. The topological polar surface area (TPSA) is 79.9 Å². The standard InChI is InChI=1S/C25H25N3O4/c1-31-21-10-11-22(23(15-21)32-2)27-25(30)26-20-9-8-17-12-13-28(16-19(17)14-20)24(29)18-6-4-3-5-7-18/h3-11,14-15H,12-13,16H2,1-2H3,(H2,26,27,30). The van der Waals surface area contributed by atoms with E-state index in [0.29, 0.717) is 41.5 Å². The van der Waals surface area contributed by atoms with Crippen molar-refractivity contribution in [1.29, 1.82) is 0 Å². The quantitative estimate of drug-likeness (QED) is 0.621. The smallest absolute Gasteiger partial charge is 0.323 e. The van der Waals surface area contributed by atoms with Gasteiger partial charge >= 0.3 is 6.03 Å². The fraction of sp³-hybridized carbons (Fsp3) is 0.200. The number of anilines is 2. The lowest BCUT2D eigenvalue weighted by molar-refractivity contribution is 0.0734. The molecule has 0 atom stereocenters. The Bertz CT molecular complexity index is 1130. The molecule has 7 heteroatoms. The van der Waals surface area contributed by atoms with Gasteiger partial charge in [0.25, 0.3) is 5.91 Å². The Labute approximate surface area is 187 Å². The summed E-state index contributed by atoms with van der Waals surface area (Å²) in [7, 11) is 3.10. The van der Waals surface area contributed by atoms with E-state index in [1.54, 1.807) is 25.3 Å². The normalized spacial score (nSPS) is 12.5.